The Kier molecular flexibility index (Phi) is 4.64. The number of amides is 1. The molecule has 0 aliphatic heterocycles. The Morgan fingerprint density at radius 2 is 2.25 bits per heavy atom. The highest BCUT2D eigenvalue weighted by Crippen LogP contribution is 2.15. The highest BCUT2D eigenvalue weighted by atomic mass is 35.5. The molecule has 0 saturated carbocycles. The topological polar surface area (TPSA) is 55.1 Å². The summed E-state index contributed by atoms with van der Waals surface area (Å²) in [7, 11) is 0. The number of halogens is 2. The highest BCUT2D eigenvalue weighted by Gasteiger charge is 2.08. The van der Waals surface area contributed by atoms with Crippen LogP contribution in [0, 0.1) is 5.82 Å². The third-order valence-electron chi connectivity index (χ3n) is 1.84. The van der Waals surface area contributed by atoms with Crippen molar-refractivity contribution in [3.63, 3.8) is 0 Å². The minimum atomic E-state index is -0.622. The van der Waals surface area contributed by atoms with E-state index in [2.05, 4.69) is 17.5 Å². The molecule has 0 spiro atoms. The Morgan fingerprint density at radius 3 is 2.81 bits per heavy atom. The molecule has 0 atom stereocenters. The summed E-state index contributed by atoms with van der Waals surface area (Å²) < 4.78 is 13.0. The number of rotatable bonds is 4. The van der Waals surface area contributed by atoms with Gasteiger partial charge in [0.15, 0.2) is 0 Å². The van der Waals surface area contributed by atoms with E-state index in [1.165, 1.54) is 12.1 Å². The van der Waals surface area contributed by atoms with E-state index < -0.39 is 5.82 Å². The summed E-state index contributed by atoms with van der Waals surface area (Å²) in [5.41, 5.74) is 5.48. The number of hydrogen-bond donors (Lipinski definition) is 2. The zero-order valence-corrected chi connectivity index (χ0v) is 9.87. The monoisotopic (exact) mass is 260 g/mol. The van der Waals surface area contributed by atoms with Crippen LogP contribution >= 0.6 is 23.8 Å². The largest absolute Gasteiger partial charge is 0.393 e. The Hall–Kier alpha value is -1.20. The van der Waals surface area contributed by atoms with E-state index in [4.69, 9.17) is 17.3 Å². The number of carbonyl (C=O) groups is 1. The van der Waals surface area contributed by atoms with E-state index in [1.54, 1.807) is 0 Å². The van der Waals surface area contributed by atoms with Crippen LogP contribution in [0.25, 0.3) is 0 Å². The van der Waals surface area contributed by atoms with Gasteiger partial charge in [0.05, 0.1) is 10.0 Å². The third kappa shape index (κ3) is 3.75. The number of carbonyl (C=O) groups excluding carboxylic acids is 1. The second-order valence-corrected chi connectivity index (χ2v) is 4.03. The van der Waals surface area contributed by atoms with Crippen LogP contribution in [0.2, 0.25) is 5.02 Å². The average molecular weight is 261 g/mol. The molecule has 0 aliphatic rings. The molecule has 0 bridgehead atoms. The molecule has 3 nitrogen and oxygen atoms in total. The molecule has 3 N–H and O–H groups in total. The van der Waals surface area contributed by atoms with Crippen LogP contribution in [0.4, 0.5) is 4.39 Å². The molecular weight excluding hydrogens is 251 g/mol. The standard InChI is InChI=1S/C10H10ClFN2OS/c11-7-2-1-6(5-8(7)12)10(15)14-4-3-9(13)16/h1-2,5H,3-4H2,(H2,13,16)(H,14,15). The molecule has 0 aromatic heterocycles. The SMILES string of the molecule is NC(=S)CCNC(=O)c1ccc(Cl)c(F)c1. The molecule has 0 aliphatic carbocycles. The van der Waals surface area contributed by atoms with Crippen LogP contribution in [0.3, 0.4) is 0 Å². The van der Waals surface area contributed by atoms with Crippen molar-refractivity contribution in [2.24, 2.45) is 5.73 Å². The van der Waals surface area contributed by atoms with Crippen LogP contribution in [0.1, 0.15) is 16.8 Å². The lowest BCUT2D eigenvalue weighted by Crippen LogP contribution is -2.27. The third-order valence-corrected chi connectivity index (χ3v) is 2.35. The van der Waals surface area contributed by atoms with Gasteiger partial charge in [-0.1, -0.05) is 23.8 Å². The van der Waals surface area contributed by atoms with Gasteiger partial charge in [-0.2, -0.15) is 0 Å². The van der Waals surface area contributed by atoms with Gasteiger partial charge >= 0.3 is 0 Å². The van der Waals surface area contributed by atoms with Crippen molar-refractivity contribution in [2.45, 2.75) is 6.42 Å². The van der Waals surface area contributed by atoms with Gasteiger partial charge in [-0.15, -0.1) is 0 Å². The Bertz CT molecular complexity index is 425. The van der Waals surface area contributed by atoms with Gasteiger partial charge in [0.25, 0.3) is 5.91 Å². The first-order valence-corrected chi connectivity index (χ1v) is 5.31. The number of thiocarbonyl (C=S) groups is 1. The van der Waals surface area contributed by atoms with Crippen LogP contribution in [0.15, 0.2) is 18.2 Å². The van der Waals surface area contributed by atoms with Gasteiger partial charge in [0.1, 0.15) is 5.82 Å². The van der Waals surface area contributed by atoms with Crippen LogP contribution in [-0.4, -0.2) is 17.4 Å². The molecule has 0 fully saturated rings. The smallest absolute Gasteiger partial charge is 0.251 e. The molecule has 0 unspecified atom stereocenters. The quantitative estimate of drug-likeness (QED) is 0.813. The van der Waals surface area contributed by atoms with Crippen molar-refractivity contribution in [3.05, 3.63) is 34.6 Å². The molecule has 16 heavy (non-hydrogen) atoms. The number of hydrogen-bond acceptors (Lipinski definition) is 2. The maximum Gasteiger partial charge on any atom is 0.251 e. The predicted molar refractivity (Wildman–Crippen MR) is 65.1 cm³/mol. The van der Waals surface area contributed by atoms with Crippen molar-refractivity contribution in [1.29, 1.82) is 0 Å². The lowest BCUT2D eigenvalue weighted by molar-refractivity contribution is 0.0954. The first-order valence-electron chi connectivity index (χ1n) is 4.52. The van der Waals surface area contributed by atoms with Crippen molar-refractivity contribution >= 4 is 34.7 Å². The molecule has 1 amide bonds. The number of nitrogens with two attached hydrogens (primary N) is 1. The highest BCUT2D eigenvalue weighted by molar-refractivity contribution is 7.80. The molecule has 6 heteroatoms. The second kappa shape index (κ2) is 5.77. The first-order chi connectivity index (χ1) is 7.50. The van der Waals surface area contributed by atoms with Crippen molar-refractivity contribution < 1.29 is 9.18 Å². The van der Waals surface area contributed by atoms with Crippen LogP contribution in [0.5, 0.6) is 0 Å². The van der Waals surface area contributed by atoms with E-state index in [0.29, 0.717) is 18.0 Å². The zero-order chi connectivity index (χ0) is 12.1. The lowest BCUT2D eigenvalue weighted by atomic mass is 10.2. The number of nitrogens with one attached hydrogen (secondary N) is 1. The van der Waals surface area contributed by atoms with Gasteiger partial charge in [0, 0.05) is 18.5 Å². The maximum absolute atomic E-state index is 13.0. The van der Waals surface area contributed by atoms with E-state index >= 15 is 0 Å². The van der Waals surface area contributed by atoms with Crippen LogP contribution in [-0.2, 0) is 0 Å². The van der Waals surface area contributed by atoms with E-state index in [9.17, 15) is 9.18 Å². The Morgan fingerprint density at radius 1 is 1.56 bits per heavy atom. The minimum absolute atomic E-state index is 0.0142. The summed E-state index contributed by atoms with van der Waals surface area (Å²) >= 11 is 10.1. The fourth-order valence-corrected chi connectivity index (χ4v) is 1.26. The summed E-state index contributed by atoms with van der Waals surface area (Å²) in [4.78, 5) is 11.8. The Labute approximate surface area is 103 Å². The van der Waals surface area contributed by atoms with Gasteiger partial charge in [-0.25, -0.2) is 4.39 Å². The maximum atomic E-state index is 13.0. The lowest BCUT2D eigenvalue weighted by Gasteiger charge is -2.04. The summed E-state index contributed by atoms with van der Waals surface area (Å²) in [5, 5.41) is 2.55. The second-order valence-electron chi connectivity index (χ2n) is 3.10. The van der Waals surface area contributed by atoms with Crippen molar-refractivity contribution in [2.75, 3.05) is 6.54 Å². The summed E-state index contributed by atoms with van der Waals surface area (Å²) in [6, 6.07) is 3.86. The molecular formula is C10H10ClFN2OS. The predicted octanol–water partition coefficient (Wildman–Crippen LogP) is 1.89. The molecule has 86 valence electrons. The molecule has 0 radical (unpaired) electrons. The summed E-state index contributed by atoms with van der Waals surface area (Å²) in [6.07, 6.45) is 0.414. The van der Waals surface area contributed by atoms with Gasteiger partial charge in [-0.05, 0) is 18.2 Å². The fourth-order valence-electron chi connectivity index (χ4n) is 1.04. The van der Waals surface area contributed by atoms with Crippen molar-refractivity contribution in [3.8, 4) is 0 Å². The molecule has 0 heterocycles. The average Bonchev–Trinajstić information content (AvgIpc) is 2.21. The Balaban J connectivity index is 2.59. The van der Waals surface area contributed by atoms with Gasteiger partial charge < -0.3 is 11.1 Å². The van der Waals surface area contributed by atoms with E-state index in [0.717, 1.165) is 6.07 Å². The van der Waals surface area contributed by atoms with Gasteiger partial charge in [-0.3, -0.25) is 4.79 Å². The summed E-state index contributed by atoms with van der Waals surface area (Å²) in [6.45, 7) is 0.332. The normalized spacial score (nSPS) is 9.88. The van der Waals surface area contributed by atoms with Crippen molar-refractivity contribution in [1.82, 2.24) is 5.32 Å². The number of benzene rings is 1. The zero-order valence-electron chi connectivity index (χ0n) is 8.30. The van der Waals surface area contributed by atoms with E-state index in [1.807, 2.05) is 0 Å². The minimum Gasteiger partial charge on any atom is -0.393 e. The molecule has 1 aromatic rings. The first kappa shape index (κ1) is 12.9. The summed E-state index contributed by atoms with van der Waals surface area (Å²) in [5.74, 6) is -1.00. The van der Waals surface area contributed by atoms with E-state index in [-0.39, 0.29) is 16.5 Å². The fraction of sp³-hybridized carbons (Fsp3) is 0.200. The van der Waals surface area contributed by atoms with Crippen LogP contribution < -0.4 is 11.1 Å². The molecule has 0 saturated heterocycles. The van der Waals surface area contributed by atoms with Gasteiger partial charge in [0.2, 0.25) is 0 Å². The molecule has 1 rings (SSSR count). The molecule has 1 aromatic carbocycles.